The van der Waals surface area contributed by atoms with E-state index in [2.05, 4.69) is 10.3 Å². The van der Waals surface area contributed by atoms with Crippen molar-refractivity contribution in [3.8, 4) is 17.0 Å². The molecule has 0 fully saturated rings. The fourth-order valence-electron chi connectivity index (χ4n) is 4.06. The van der Waals surface area contributed by atoms with Gasteiger partial charge < -0.3 is 27.0 Å². The fourth-order valence-corrected chi connectivity index (χ4v) is 5.01. The summed E-state index contributed by atoms with van der Waals surface area (Å²) in [5.41, 5.74) is 9.31. The first kappa shape index (κ1) is 31.1. The van der Waals surface area contributed by atoms with Gasteiger partial charge in [0.15, 0.2) is 11.6 Å². The highest BCUT2D eigenvalue weighted by atomic mass is 32.2. The van der Waals surface area contributed by atoms with E-state index in [4.69, 9.17) is 16.9 Å². The summed E-state index contributed by atoms with van der Waals surface area (Å²) < 4.78 is 79.7. The second-order valence-corrected chi connectivity index (χ2v) is 10.8. The smallest absolute Gasteiger partial charge is 0.393 e. The van der Waals surface area contributed by atoms with Crippen LogP contribution in [0.2, 0.25) is 0 Å². The molecule has 41 heavy (non-hydrogen) atoms. The number of aromatic hydroxyl groups is 1. The molecule has 11 nitrogen and oxygen atoms in total. The predicted octanol–water partition coefficient (Wildman–Crippen LogP) is 2.50. The number of rotatable bonds is 11. The van der Waals surface area contributed by atoms with E-state index in [9.17, 15) is 41.0 Å². The van der Waals surface area contributed by atoms with Gasteiger partial charge in [-0.05, 0) is 35.4 Å². The second-order valence-electron chi connectivity index (χ2n) is 8.85. The number of pyridine rings is 1. The summed E-state index contributed by atoms with van der Waals surface area (Å²) in [5.74, 6) is -3.73. The van der Waals surface area contributed by atoms with Gasteiger partial charge >= 0.3 is 6.18 Å². The van der Waals surface area contributed by atoms with Crippen molar-refractivity contribution in [3.05, 3.63) is 65.0 Å². The number of phenolic OH excluding ortho intramolecular Hbond substituents is 1. The molecule has 0 spiro atoms. The van der Waals surface area contributed by atoms with Gasteiger partial charge in [-0.2, -0.15) is 13.2 Å². The first-order valence-electron chi connectivity index (χ1n) is 11.7. The molecule has 3 aromatic rings. The van der Waals surface area contributed by atoms with Crippen LogP contribution >= 0.6 is 0 Å². The lowest BCUT2D eigenvalue weighted by Crippen LogP contribution is -2.33. The SMILES string of the molecule is CS(=O)(=O)N(CCO)c1ccccc1CNc1nc(-c2cc(F)c(O)cc2CC(F)(F)F)cc(N)c1C(=N)C(N)=O. The number of amides is 1. The Balaban J connectivity index is 2.17. The molecule has 0 bridgehead atoms. The molecular weight excluding hydrogens is 572 g/mol. The number of sulfonamides is 1. The number of aliphatic hydroxyl groups excluding tert-OH is 1. The van der Waals surface area contributed by atoms with Crippen LogP contribution in [0.15, 0.2) is 42.5 Å². The second kappa shape index (κ2) is 12.0. The lowest BCUT2D eigenvalue weighted by molar-refractivity contribution is -0.127. The molecule has 0 radical (unpaired) electrons. The maximum absolute atomic E-state index is 14.3. The van der Waals surface area contributed by atoms with Gasteiger partial charge in [0.25, 0.3) is 5.91 Å². The number of para-hydroxylation sites is 1. The molecule has 8 N–H and O–H groups in total. The van der Waals surface area contributed by atoms with Crippen LogP contribution in [0.1, 0.15) is 16.7 Å². The molecule has 16 heteroatoms. The molecule has 0 atom stereocenters. The number of aromatic nitrogens is 1. The molecule has 3 rings (SSSR count). The van der Waals surface area contributed by atoms with E-state index in [1.807, 2.05) is 0 Å². The summed E-state index contributed by atoms with van der Waals surface area (Å²) in [6.07, 6.45) is -5.33. The van der Waals surface area contributed by atoms with Gasteiger partial charge in [-0.25, -0.2) is 17.8 Å². The number of alkyl halides is 3. The molecular formula is C25H26F4N6O5S. The van der Waals surface area contributed by atoms with E-state index in [1.54, 1.807) is 18.2 Å². The number of nitrogens with one attached hydrogen (secondary N) is 2. The number of aliphatic hydroxyl groups is 1. The number of phenols is 1. The van der Waals surface area contributed by atoms with E-state index < -0.39 is 58.0 Å². The molecule has 0 unspecified atom stereocenters. The Morgan fingerprint density at radius 3 is 2.41 bits per heavy atom. The molecule has 220 valence electrons. The summed E-state index contributed by atoms with van der Waals surface area (Å²) in [6.45, 7) is -0.956. The standard InChI is InChI=1S/C25H26F4N6O5S/c1-41(39,40)35(6-7-36)19-5-3-2-4-13(19)12-33-24-21(22(31)23(32)38)17(30)10-18(34-24)15-9-16(26)20(37)8-14(15)11-25(27,28)29/h2-5,8-10,31,36-37H,6-7,11-12H2,1H3,(H2,32,38)(H3,30,33,34). The Labute approximate surface area is 232 Å². The lowest BCUT2D eigenvalue weighted by atomic mass is 9.98. The van der Waals surface area contributed by atoms with Crippen molar-refractivity contribution < 1.29 is 41.0 Å². The van der Waals surface area contributed by atoms with E-state index in [-0.39, 0.29) is 47.1 Å². The zero-order valence-corrected chi connectivity index (χ0v) is 22.3. The molecule has 1 aromatic heterocycles. The minimum Gasteiger partial charge on any atom is -0.505 e. The van der Waals surface area contributed by atoms with Crippen LogP contribution in [-0.2, 0) is 27.8 Å². The maximum atomic E-state index is 14.3. The average molecular weight is 599 g/mol. The number of hydrogen-bond acceptors (Lipinski definition) is 9. The number of nitrogens with zero attached hydrogens (tertiary/aromatic N) is 2. The average Bonchev–Trinajstić information content (AvgIpc) is 2.86. The van der Waals surface area contributed by atoms with Crippen LogP contribution in [0.5, 0.6) is 5.75 Å². The van der Waals surface area contributed by atoms with Crippen LogP contribution in [0.25, 0.3) is 11.3 Å². The summed E-state index contributed by atoms with van der Waals surface area (Å²) in [7, 11) is -3.83. The van der Waals surface area contributed by atoms with E-state index in [0.717, 1.165) is 16.6 Å². The highest BCUT2D eigenvalue weighted by Crippen LogP contribution is 2.36. The van der Waals surface area contributed by atoms with Crippen molar-refractivity contribution >= 4 is 38.8 Å². The Morgan fingerprint density at radius 2 is 1.83 bits per heavy atom. The van der Waals surface area contributed by atoms with Crippen molar-refractivity contribution in [1.82, 2.24) is 4.98 Å². The Hall–Kier alpha value is -4.44. The van der Waals surface area contributed by atoms with Crippen LogP contribution in [0.4, 0.5) is 34.8 Å². The largest absolute Gasteiger partial charge is 0.505 e. The number of nitrogens with two attached hydrogens (primary N) is 2. The summed E-state index contributed by atoms with van der Waals surface area (Å²) >= 11 is 0. The molecule has 1 amide bonds. The third kappa shape index (κ3) is 7.40. The van der Waals surface area contributed by atoms with Crippen molar-refractivity contribution in [2.45, 2.75) is 19.1 Å². The van der Waals surface area contributed by atoms with Gasteiger partial charge in [-0.15, -0.1) is 0 Å². The number of carbonyl (C=O) groups excluding carboxylic acids is 1. The zero-order chi connectivity index (χ0) is 30.7. The van der Waals surface area contributed by atoms with Gasteiger partial charge in [0.2, 0.25) is 10.0 Å². The van der Waals surface area contributed by atoms with Crippen LogP contribution in [0, 0.1) is 11.2 Å². The molecule has 0 saturated heterocycles. The highest BCUT2D eigenvalue weighted by molar-refractivity contribution is 7.92. The van der Waals surface area contributed by atoms with Crippen molar-refractivity contribution in [2.75, 3.05) is 34.8 Å². The van der Waals surface area contributed by atoms with Crippen molar-refractivity contribution in [1.29, 1.82) is 5.41 Å². The summed E-state index contributed by atoms with van der Waals surface area (Å²) in [6, 6.07) is 8.45. The number of halogens is 4. The van der Waals surface area contributed by atoms with Gasteiger partial charge in [0.05, 0.1) is 42.8 Å². The summed E-state index contributed by atoms with van der Waals surface area (Å²) in [5, 5.41) is 30.0. The quantitative estimate of drug-likeness (QED) is 0.143. The number of primary amides is 1. The van der Waals surface area contributed by atoms with Crippen LogP contribution < -0.4 is 21.1 Å². The van der Waals surface area contributed by atoms with Crippen molar-refractivity contribution in [2.24, 2.45) is 5.73 Å². The third-order valence-electron chi connectivity index (χ3n) is 5.80. The monoisotopic (exact) mass is 598 g/mol. The molecule has 2 aromatic carbocycles. The van der Waals surface area contributed by atoms with Crippen LogP contribution in [0.3, 0.4) is 0 Å². The Bertz CT molecular complexity index is 1600. The van der Waals surface area contributed by atoms with Crippen molar-refractivity contribution in [3.63, 3.8) is 0 Å². The number of carbonyl (C=O) groups is 1. The molecule has 0 aliphatic heterocycles. The van der Waals surface area contributed by atoms with Gasteiger partial charge in [-0.1, -0.05) is 18.2 Å². The molecule has 0 aliphatic rings. The first-order chi connectivity index (χ1) is 19.0. The fraction of sp³-hybridized carbons (Fsp3) is 0.240. The Morgan fingerprint density at radius 1 is 1.17 bits per heavy atom. The van der Waals surface area contributed by atoms with Crippen LogP contribution in [-0.4, -0.2) is 60.8 Å². The van der Waals surface area contributed by atoms with E-state index in [1.165, 1.54) is 6.07 Å². The minimum absolute atomic E-state index is 0.181. The minimum atomic E-state index is -4.73. The molecule has 0 aliphatic carbocycles. The number of hydrogen-bond donors (Lipinski definition) is 6. The third-order valence-corrected chi connectivity index (χ3v) is 6.98. The summed E-state index contributed by atoms with van der Waals surface area (Å²) in [4.78, 5) is 16.1. The number of anilines is 3. The number of benzene rings is 2. The Kier molecular flexibility index (Phi) is 9.08. The van der Waals surface area contributed by atoms with Gasteiger partial charge in [0.1, 0.15) is 11.5 Å². The predicted molar refractivity (Wildman–Crippen MR) is 145 cm³/mol. The molecule has 1 heterocycles. The number of nitrogen functional groups attached to an aromatic ring is 1. The lowest BCUT2D eigenvalue weighted by Gasteiger charge is -2.24. The normalized spacial score (nSPS) is 11.8. The van der Waals surface area contributed by atoms with E-state index >= 15 is 0 Å². The maximum Gasteiger partial charge on any atom is 0.393 e. The van der Waals surface area contributed by atoms with Gasteiger partial charge in [0, 0.05) is 17.8 Å². The zero-order valence-electron chi connectivity index (χ0n) is 21.5. The van der Waals surface area contributed by atoms with Gasteiger partial charge in [-0.3, -0.25) is 14.5 Å². The highest BCUT2D eigenvalue weighted by Gasteiger charge is 2.31. The topological polar surface area (TPSA) is 196 Å². The first-order valence-corrected chi connectivity index (χ1v) is 13.6. The van der Waals surface area contributed by atoms with E-state index in [0.29, 0.717) is 17.7 Å². The molecule has 0 saturated carbocycles.